The highest BCUT2D eigenvalue weighted by Gasteiger charge is 2.12. The molecule has 0 fully saturated rings. The number of hydrogen-bond acceptors (Lipinski definition) is 6. The lowest BCUT2D eigenvalue weighted by Gasteiger charge is -2.07. The molecule has 0 radical (unpaired) electrons. The first kappa shape index (κ1) is 19.1. The standard InChI is InChI=1S/C16H20ClN5O2S2/c17-13-5-7-14(8-6-13)26(23,24)20-10-4-2-1-3-9-18-15-21-25-16-19-11-12-22(15)16/h5-8,11-12,20H,1-4,9-10H2,(H,18,21). The van der Waals surface area contributed by atoms with Gasteiger partial charge in [0, 0.05) is 42.0 Å². The van der Waals surface area contributed by atoms with Crippen molar-refractivity contribution in [2.24, 2.45) is 0 Å². The second-order valence-corrected chi connectivity index (χ2v) is 8.71. The Balaban J connectivity index is 1.30. The monoisotopic (exact) mass is 413 g/mol. The third-order valence-corrected chi connectivity index (χ3v) is 6.31. The smallest absolute Gasteiger partial charge is 0.240 e. The Morgan fingerprint density at radius 2 is 1.81 bits per heavy atom. The molecule has 3 rings (SSSR count). The Hall–Kier alpha value is -1.68. The van der Waals surface area contributed by atoms with E-state index < -0.39 is 10.0 Å². The molecule has 0 atom stereocenters. The number of sulfonamides is 1. The zero-order valence-corrected chi connectivity index (χ0v) is 16.4. The number of halogens is 1. The summed E-state index contributed by atoms with van der Waals surface area (Å²) in [4.78, 5) is 5.29. The van der Waals surface area contributed by atoms with Gasteiger partial charge in [-0.25, -0.2) is 18.1 Å². The lowest BCUT2D eigenvalue weighted by Crippen LogP contribution is -2.24. The van der Waals surface area contributed by atoms with Crippen molar-refractivity contribution in [3.05, 3.63) is 41.7 Å². The van der Waals surface area contributed by atoms with Crippen LogP contribution in [0.25, 0.3) is 4.96 Å². The molecule has 7 nitrogen and oxygen atoms in total. The number of aromatic nitrogens is 3. The topological polar surface area (TPSA) is 88.4 Å². The van der Waals surface area contributed by atoms with E-state index in [1.807, 2.05) is 10.6 Å². The van der Waals surface area contributed by atoms with Crippen LogP contribution >= 0.6 is 23.1 Å². The van der Waals surface area contributed by atoms with Gasteiger partial charge in [-0.2, -0.15) is 4.37 Å². The molecule has 0 aliphatic heterocycles. The number of rotatable bonds is 10. The van der Waals surface area contributed by atoms with Crippen molar-refractivity contribution in [3.63, 3.8) is 0 Å². The maximum Gasteiger partial charge on any atom is 0.240 e. The fourth-order valence-electron chi connectivity index (χ4n) is 2.47. The van der Waals surface area contributed by atoms with Gasteiger partial charge in [-0.05, 0) is 37.1 Å². The van der Waals surface area contributed by atoms with E-state index in [1.54, 1.807) is 18.3 Å². The molecule has 140 valence electrons. The minimum absolute atomic E-state index is 0.236. The van der Waals surface area contributed by atoms with Crippen molar-refractivity contribution in [1.82, 2.24) is 18.5 Å². The molecule has 2 N–H and O–H groups in total. The average molecular weight is 414 g/mol. The molecule has 0 amide bonds. The molecule has 0 aliphatic rings. The van der Waals surface area contributed by atoms with Crippen LogP contribution in [0.3, 0.4) is 0 Å². The van der Waals surface area contributed by atoms with E-state index in [9.17, 15) is 8.42 Å². The van der Waals surface area contributed by atoms with Gasteiger partial charge < -0.3 is 5.32 Å². The van der Waals surface area contributed by atoms with Crippen molar-refractivity contribution in [3.8, 4) is 0 Å². The van der Waals surface area contributed by atoms with Crippen LogP contribution in [0, 0.1) is 0 Å². The maximum absolute atomic E-state index is 12.1. The molecule has 2 aromatic heterocycles. The van der Waals surface area contributed by atoms with Gasteiger partial charge in [0.05, 0.1) is 4.90 Å². The predicted octanol–water partition coefficient (Wildman–Crippen LogP) is 3.40. The van der Waals surface area contributed by atoms with Gasteiger partial charge >= 0.3 is 0 Å². The number of nitrogens with zero attached hydrogens (tertiary/aromatic N) is 3. The zero-order valence-electron chi connectivity index (χ0n) is 14.1. The van der Waals surface area contributed by atoms with Crippen molar-refractivity contribution in [2.75, 3.05) is 18.4 Å². The summed E-state index contributed by atoms with van der Waals surface area (Å²) in [7, 11) is -3.46. The highest BCUT2D eigenvalue weighted by molar-refractivity contribution is 7.89. The van der Waals surface area contributed by atoms with Gasteiger partial charge in [-0.3, -0.25) is 4.40 Å². The summed E-state index contributed by atoms with van der Waals surface area (Å²) in [5.74, 6) is 0.818. The van der Waals surface area contributed by atoms with E-state index in [4.69, 9.17) is 11.6 Å². The first-order chi connectivity index (χ1) is 12.6. The SMILES string of the molecule is O=S(=O)(NCCCCCCNc1nsc2nccn12)c1ccc(Cl)cc1. The molecule has 0 saturated carbocycles. The summed E-state index contributed by atoms with van der Waals surface area (Å²) in [6.45, 7) is 1.26. The van der Waals surface area contributed by atoms with Gasteiger partial charge in [0.25, 0.3) is 0 Å². The highest BCUT2D eigenvalue weighted by atomic mass is 35.5. The van der Waals surface area contributed by atoms with Crippen molar-refractivity contribution < 1.29 is 8.42 Å². The molecule has 0 unspecified atom stereocenters. The first-order valence-electron chi connectivity index (χ1n) is 8.34. The van der Waals surface area contributed by atoms with Crippen LogP contribution < -0.4 is 10.0 Å². The third kappa shape index (κ3) is 4.94. The highest BCUT2D eigenvalue weighted by Crippen LogP contribution is 2.15. The van der Waals surface area contributed by atoms with Crippen LogP contribution in [0.2, 0.25) is 5.02 Å². The minimum Gasteiger partial charge on any atom is -0.355 e. The Bertz CT molecular complexity index is 937. The van der Waals surface area contributed by atoms with Crippen molar-refractivity contribution in [2.45, 2.75) is 30.6 Å². The molecular formula is C16H20ClN5O2S2. The molecule has 2 heterocycles. The summed E-state index contributed by atoms with van der Waals surface area (Å²) >= 11 is 7.14. The number of unbranched alkanes of at least 4 members (excludes halogenated alkanes) is 3. The molecule has 0 spiro atoms. The summed E-state index contributed by atoms with van der Waals surface area (Å²) < 4.78 is 33.1. The maximum atomic E-state index is 12.1. The van der Waals surface area contributed by atoms with E-state index in [2.05, 4.69) is 19.4 Å². The van der Waals surface area contributed by atoms with Crippen LogP contribution in [-0.2, 0) is 10.0 Å². The molecular weight excluding hydrogens is 394 g/mol. The fraction of sp³-hybridized carbons (Fsp3) is 0.375. The molecule has 1 aromatic carbocycles. The average Bonchev–Trinajstić information content (AvgIpc) is 3.22. The Kier molecular flexibility index (Phi) is 6.47. The number of imidazole rings is 1. The number of benzene rings is 1. The minimum atomic E-state index is -3.46. The van der Waals surface area contributed by atoms with Gasteiger partial charge in [0.1, 0.15) is 0 Å². The first-order valence-corrected chi connectivity index (χ1v) is 11.0. The summed E-state index contributed by atoms with van der Waals surface area (Å²) in [6, 6.07) is 6.16. The van der Waals surface area contributed by atoms with Crippen LogP contribution in [0.4, 0.5) is 5.95 Å². The second-order valence-electron chi connectivity index (χ2n) is 5.78. The van der Waals surface area contributed by atoms with E-state index in [0.29, 0.717) is 11.6 Å². The van der Waals surface area contributed by atoms with Crippen LogP contribution in [0.15, 0.2) is 41.6 Å². The van der Waals surface area contributed by atoms with Crippen LogP contribution in [0.5, 0.6) is 0 Å². The summed E-state index contributed by atoms with van der Waals surface area (Å²) in [5.41, 5.74) is 0. The zero-order chi connectivity index (χ0) is 18.4. The summed E-state index contributed by atoms with van der Waals surface area (Å²) in [6.07, 6.45) is 7.42. The molecule has 10 heteroatoms. The molecule has 26 heavy (non-hydrogen) atoms. The van der Waals surface area contributed by atoms with Gasteiger partial charge in [0.2, 0.25) is 20.9 Å². The number of anilines is 1. The Morgan fingerprint density at radius 3 is 2.58 bits per heavy atom. The van der Waals surface area contributed by atoms with E-state index in [0.717, 1.165) is 43.1 Å². The number of nitrogens with one attached hydrogen (secondary N) is 2. The van der Waals surface area contributed by atoms with Crippen LogP contribution in [-0.4, -0.2) is 35.3 Å². The van der Waals surface area contributed by atoms with E-state index in [1.165, 1.54) is 23.7 Å². The van der Waals surface area contributed by atoms with Crippen LogP contribution in [0.1, 0.15) is 25.7 Å². The lowest BCUT2D eigenvalue weighted by molar-refractivity contribution is 0.573. The molecule has 0 aliphatic carbocycles. The largest absolute Gasteiger partial charge is 0.355 e. The van der Waals surface area contributed by atoms with Crippen molar-refractivity contribution in [1.29, 1.82) is 0 Å². The number of hydrogen-bond donors (Lipinski definition) is 2. The second kappa shape index (κ2) is 8.81. The van der Waals surface area contributed by atoms with E-state index >= 15 is 0 Å². The van der Waals surface area contributed by atoms with Gasteiger partial charge in [-0.1, -0.05) is 24.4 Å². The van der Waals surface area contributed by atoms with E-state index in [-0.39, 0.29) is 4.90 Å². The molecule has 0 saturated heterocycles. The van der Waals surface area contributed by atoms with Gasteiger partial charge in [-0.15, -0.1) is 0 Å². The Labute approximate surface area is 161 Å². The Morgan fingerprint density at radius 1 is 1.08 bits per heavy atom. The van der Waals surface area contributed by atoms with Crippen molar-refractivity contribution >= 4 is 44.1 Å². The molecule has 3 aromatic rings. The van der Waals surface area contributed by atoms with Gasteiger partial charge in [0.15, 0.2) is 0 Å². The normalized spacial score (nSPS) is 11.9. The predicted molar refractivity (Wildman–Crippen MR) is 104 cm³/mol. The number of fused-ring (bicyclic) bond motifs is 1. The summed E-state index contributed by atoms with van der Waals surface area (Å²) in [5, 5.41) is 3.81. The quantitative estimate of drug-likeness (QED) is 0.497. The lowest BCUT2D eigenvalue weighted by atomic mass is 10.2. The molecule has 0 bridgehead atoms. The fourth-order valence-corrected chi connectivity index (χ4v) is 4.34. The third-order valence-electron chi connectivity index (χ3n) is 3.85.